The quantitative estimate of drug-likeness (QED) is 0.529. The lowest BCUT2D eigenvalue weighted by Gasteiger charge is -2.16. The first-order chi connectivity index (χ1) is 14.7. The first kappa shape index (κ1) is 21.4. The average molecular weight is 415 g/mol. The van der Waals surface area contributed by atoms with Crippen molar-refractivity contribution in [1.82, 2.24) is 5.32 Å². The Kier molecular flexibility index (Phi) is 7.48. The molecule has 30 heavy (non-hydrogen) atoms. The van der Waals surface area contributed by atoms with Crippen LogP contribution in [-0.2, 0) is 6.54 Å². The highest BCUT2D eigenvalue weighted by Crippen LogP contribution is 2.35. The number of anilines is 1. The summed E-state index contributed by atoms with van der Waals surface area (Å²) in [4.78, 5) is 4.70. The molecule has 1 aliphatic rings. The Morgan fingerprint density at radius 2 is 1.67 bits per heavy atom. The minimum atomic E-state index is 0.357. The fraction of sp³-hybridized carbons (Fsp3) is 0.409. The van der Waals surface area contributed by atoms with Crippen LogP contribution < -0.4 is 34.3 Å². The molecule has 0 amide bonds. The van der Waals surface area contributed by atoms with Crippen LogP contribution in [0.3, 0.4) is 0 Å². The van der Waals surface area contributed by atoms with Crippen molar-refractivity contribution in [3.8, 4) is 28.7 Å². The summed E-state index contributed by atoms with van der Waals surface area (Å²) < 4.78 is 27.8. The van der Waals surface area contributed by atoms with Gasteiger partial charge in [0, 0.05) is 36.9 Å². The molecule has 2 aromatic rings. The van der Waals surface area contributed by atoms with Gasteiger partial charge in [-0.2, -0.15) is 0 Å². The van der Waals surface area contributed by atoms with E-state index in [-0.39, 0.29) is 0 Å². The molecule has 0 aliphatic carbocycles. The van der Waals surface area contributed by atoms with Crippen LogP contribution in [0.5, 0.6) is 28.7 Å². The number of benzene rings is 2. The summed E-state index contributed by atoms with van der Waals surface area (Å²) in [5, 5.41) is 6.57. The molecule has 1 aliphatic heterocycles. The maximum atomic E-state index is 5.77. The number of methoxy groups -OCH3 is 3. The molecule has 1 heterocycles. The number of fused-ring (bicyclic) bond motifs is 1. The van der Waals surface area contributed by atoms with Crippen molar-refractivity contribution in [2.75, 3.05) is 46.4 Å². The van der Waals surface area contributed by atoms with Gasteiger partial charge in [0.25, 0.3) is 0 Å². The molecular weight excluding hydrogens is 386 g/mol. The summed E-state index contributed by atoms with van der Waals surface area (Å²) in [5.74, 6) is 4.09. The number of rotatable bonds is 7. The van der Waals surface area contributed by atoms with E-state index in [2.05, 4.69) is 10.6 Å². The predicted molar refractivity (Wildman–Crippen MR) is 117 cm³/mol. The van der Waals surface area contributed by atoms with E-state index in [9.17, 15) is 0 Å². The molecular formula is C22H29N3O5. The highest BCUT2D eigenvalue weighted by atomic mass is 16.5. The Morgan fingerprint density at radius 1 is 0.967 bits per heavy atom. The van der Waals surface area contributed by atoms with Gasteiger partial charge in [0.1, 0.15) is 17.2 Å². The lowest BCUT2D eigenvalue weighted by Crippen LogP contribution is -2.30. The van der Waals surface area contributed by atoms with Gasteiger partial charge in [-0.1, -0.05) is 0 Å². The number of ether oxygens (including phenoxy) is 5. The summed E-state index contributed by atoms with van der Waals surface area (Å²) in [6, 6.07) is 9.40. The Bertz CT molecular complexity index is 860. The Balaban J connectivity index is 1.82. The molecule has 0 atom stereocenters. The van der Waals surface area contributed by atoms with Crippen LogP contribution in [0.4, 0.5) is 5.69 Å². The second kappa shape index (κ2) is 10.5. The molecule has 0 spiro atoms. The molecule has 0 saturated heterocycles. The van der Waals surface area contributed by atoms with Crippen LogP contribution in [0, 0.1) is 0 Å². The van der Waals surface area contributed by atoms with Crippen LogP contribution in [-0.4, -0.2) is 47.0 Å². The van der Waals surface area contributed by atoms with Crippen LogP contribution in [0.2, 0.25) is 0 Å². The lowest BCUT2D eigenvalue weighted by molar-refractivity contribution is 0.297. The molecule has 0 bridgehead atoms. The minimum absolute atomic E-state index is 0.357. The zero-order valence-corrected chi connectivity index (χ0v) is 17.9. The lowest BCUT2D eigenvalue weighted by atomic mass is 10.1. The normalized spacial score (nSPS) is 13.3. The van der Waals surface area contributed by atoms with E-state index in [1.54, 1.807) is 21.3 Å². The molecule has 2 N–H and O–H groups in total. The van der Waals surface area contributed by atoms with Gasteiger partial charge in [0.2, 0.25) is 0 Å². The van der Waals surface area contributed by atoms with Crippen molar-refractivity contribution >= 4 is 11.6 Å². The van der Waals surface area contributed by atoms with E-state index in [0.717, 1.165) is 29.2 Å². The second-order valence-electron chi connectivity index (χ2n) is 6.54. The van der Waals surface area contributed by atoms with E-state index in [0.29, 0.717) is 49.5 Å². The Labute approximate surface area is 177 Å². The molecule has 3 rings (SSSR count). The average Bonchev–Trinajstić information content (AvgIpc) is 3.02. The summed E-state index contributed by atoms with van der Waals surface area (Å²) in [6.45, 7) is 4.39. The number of guanidine groups is 1. The minimum Gasteiger partial charge on any atom is -0.496 e. The third-order valence-corrected chi connectivity index (χ3v) is 4.57. The first-order valence-electron chi connectivity index (χ1n) is 9.92. The molecule has 162 valence electrons. The van der Waals surface area contributed by atoms with E-state index in [1.165, 1.54) is 0 Å². The van der Waals surface area contributed by atoms with Crippen LogP contribution in [0.15, 0.2) is 35.3 Å². The monoisotopic (exact) mass is 415 g/mol. The van der Waals surface area contributed by atoms with Crippen LogP contribution >= 0.6 is 0 Å². The predicted octanol–water partition coefficient (Wildman–Crippen LogP) is 3.45. The maximum absolute atomic E-state index is 5.77. The largest absolute Gasteiger partial charge is 0.496 e. The van der Waals surface area contributed by atoms with Gasteiger partial charge < -0.3 is 34.3 Å². The molecule has 8 heteroatoms. The fourth-order valence-corrected chi connectivity index (χ4v) is 3.08. The van der Waals surface area contributed by atoms with Gasteiger partial charge in [-0.3, -0.25) is 0 Å². The van der Waals surface area contributed by atoms with Gasteiger partial charge in [0.15, 0.2) is 17.5 Å². The highest BCUT2D eigenvalue weighted by molar-refractivity contribution is 5.94. The summed E-state index contributed by atoms with van der Waals surface area (Å²) >= 11 is 0. The molecule has 0 aromatic heterocycles. The smallest absolute Gasteiger partial charge is 0.196 e. The molecule has 0 fully saturated rings. The van der Waals surface area contributed by atoms with Gasteiger partial charge in [-0.15, -0.1) is 0 Å². The van der Waals surface area contributed by atoms with E-state index < -0.39 is 0 Å². The van der Waals surface area contributed by atoms with Crippen molar-refractivity contribution in [2.24, 2.45) is 4.99 Å². The van der Waals surface area contributed by atoms with Crippen LogP contribution in [0.1, 0.15) is 18.9 Å². The molecule has 8 nitrogen and oxygen atoms in total. The standard InChI is InChI=1S/C22H29N3O5/c1-5-23-22(25-15-7-8-18-21(11-15)30-10-6-9-29-18)24-14-17-19(27-3)12-16(26-2)13-20(17)28-4/h7-8,11-13H,5-6,9-10,14H2,1-4H3,(H2,23,24,25). The van der Waals surface area contributed by atoms with Crippen molar-refractivity contribution in [2.45, 2.75) is 19.9 Å². The van der Waals surface area contributed by atoms with Crippen molar-refractivity contribution in [3.05, 3.63) is 35.9 Å². The zero-order valence-electron chi connectivity index (χ0n) is 17.9. The molecule has 0 saturated carbocycles. The van der Waals surface area contributed by atoms with E-state index in [4.69, 9.17) is 28.7 Å². The maximum Gasteiger partial charge on any atom is 0.196 e. The van der Waals surface area contributed by atoms with Crippen molar-refractivity contribution in [1.29, 1.82) is 0 Å². The third-order valence-electron chi connectivity index (χ3n) is 4.57. The van der Waals surface area contributed by atoms with E-state index in [1.807, 2.05) is 37.3 Å². The number of hydrogen-bond donors (Lipinski definition) is 2. The van der Waals surface area contributed by atoms with Crippen LogP contribution in [0.25, 0.3) is 0 Å². The highest BCUT2D eigenvalue weighted by Gasteiger charge is 2.14. The number of aliphatic imine (C=N–C) groups is 1. The molecule has 2 aromatic carbocycles. The fourth-order valence-electron chi connectivity index (χ4n) is 3.08. The van der Waals surface area contributed by atoms with Gasteiger partial charge in [0.05, 0.1) is 46.7 Å². The molecule has 0 radical (unpaired) electrons. The second-order valence-corrected chi connectivity index (χ2v) is 6.54. The van der Waals surface area contributed by atoms with Crippen molar-refractivity contribution < 1.29 is 23.7 Å². The zero-order chi connectivity index (χ0) is 21.3. The number of nitrogens with one attached hydrogen (secondary N) is 2. The Hall–Kier alpha value is -3.29. The number of nitrogens with zero attached hydrogens (tertiary/aromatic N) is 1. The summed E-state index contributed by atoms with van der Waals surface area (Å²) in [7, 11) is 4.83. The first-order valence-corrected chi connectivity index (χ1v) is 9.92. The topological polar surface area (TPSA) is 82.6 Å². The Morgan fingerprint density at radius 3 is 2.30 bits per heavy atom. The third kappa shape index (κ3) is 5.20. The molecule has 0 unspecified atom stereocenters. The number of hydrogen-bond acceptors (Lipinski definition) is 6. The van der Waals surface area contributed by atoms with E-state index >= 15 is 0 Å². The summed E-state index contributed by atoms with van der Waals surface area (Å²) in [6.07, 6.45) is 0.868. The van der Waals surface area contributed by atoms with Gasteiger partial charge in [-0.05, 0) is 19.1 Å². The SMILES string of the molecule is CCNC(=NCc1c(OC)cc(OC)cc1OC)Nc1ccc2c(c1)OCCCO2. The van der Waals surface area contributed by atoms with Gasteiger partial charge >= 0.3 is 0 Å². The summed E-state index contributed by atoms with van der Waals surface area (Å²) in [5.41, 5.74) is 1.68. The van der Waals surface area contributed by atoms with Gasteiger partial charge in [-0.25, -0.2) is 4.99 Å². The van der Waals surface area contributed by atoms with Crippen molar-refractivity contribution in [3.63, 3.8) is 0 Å².